The highest BCUT2D eigenvalue weighted by atomic mass is 79.9. The molecule has 7 nitrogen and oxygen atoms in total. The molecule has 210 valence electrons. The number of nitrogens with one attached hydrogen (secondary N) is 2. The summed E-state index contributed by atoms with van der Waals surface area (Å²) >= 11 is 3.73. The second-order valence-electron chi connectivity index (χ2n) is 10.7. The van der Waals surface area contributed by atoms with Crippen LogP contribution in [0.15, 0.2) is 116 Å². The number of carbonyl (C=O) groups is 1. The van der Waals surface area contributed by atoms with Gasteiger partial charge in [0.15, 0.2) is 16.1 Å². The SMILES string of the molecule is O=C(C1CCCCO1)C1(Br)NNc2ccc(-c3ncn(C(c4ccccc4)(c4ccccc4)c4ccccc4)n3)cc21. The number of ether oxygens (including phenoxy) is 1. The topological polar surface area (TPSA) is 81.1 Å². The lowest BCUT2D eigenvalue weighted by Gasteiger charge is -2.35. The summed E-state index contributed by atoms with van der Waals surface area (Å²) in [4.78, 5) is 18.5. The summed E-state index contributed by atoms with van der Waals surface area (Å²) in [6.07, 6.45) is 4.02. The van der Waals surface area contributed by atoms with Crippen LogP contribution >= 0.6 is 15.9 Å². The molecule has 5 aromatic rings. The maximum Gasteiger partial charge on any atom is 0.198 e. The average Bonchev–Trinajstić information content (AvgIpc) is 3.69. The molecule has 42 heavy (non-hydrogen) atoms. The Morgan fingerprint density at radius 3 is 2.07 bits per heavy atom. The van der Waals surface area contributed by atoms with Crippen LogP contribution in [0.5, 0.6) is 0 Å². The minimum absolute atomic E-state index is 0.0414. The van der Waals surface area contributed by atoms with E-state index in [2.05, 4.69) is 99.6 Å². The van der Waals surface area contributed by atoms with Gasteiger partial charge in [-0.15, -0.1) is 5.10 Å². The molecule has 8 heteroatoms. The molecule has 1 fully saturated rings. The zero-order valence-corrected chi connectivity index (χ0v) is 24.5. The Morgan fingerprint density at radius 2 is 1.50 bits per heavy atom. The number of fused-ring (bicyclic) bond motifs is 1. The van der Waals surface area contributed by atoms with Crippen molar-refractivity contribution < 1.29 is 9.53 Å². The molecule has 2 N–H and O–H groups in total. The second kappa shape index (κ2) is 10.9. The zero-order valence-electron chi connectivity index (χ0n) is 22.9. The fourth-order valence-corrected chi connectivity index (χ4v) is 6.84. The van der Waals surface area contributed by atoms with E-state index in [-0.39, 0.29) is 5.78 Å². The van der Waals surface area contributed by atoms with Gasteiger partial charge < -0.3 is 10.2 Å². The highest BCUT2D eigenvalue weighted by Gasteiger charge is 2.47. The van der Waals surface area contributed by atoms with Crippen molar-refractivity contribution in [2.45, 2.75) is 35.4 Å². The molecule has 1 saturated heterocycles. The number of hydrogen-bond acceptors (Lipinski definition) is 6. The van der Waals surface area contributed by atoms with Crippen LogP contribution in [0.2, 0.25) is 0 Å². The molecule has 0 saturated carbocycles. The number of benzene rings is 4. The van der Waals surface area contributed by atoms with E-state index in [0.29, 0.717) is 12.4 Å². The van der Waals surface area contributed by atoms with E-state index in [9.17, 15) is 4.79 Å². The Bertz CT molecular complexity index is 1610. The molecule has 2 atom stereocenters. The smallest absolute Gasteiger partial charge is 0.198 e. The summed E-state index contributed by atoms with van der Waals surface area (Å²) in [6.45, 7) is 0.604. The molecule has 0 amide bonds. The van der Waals surface area contributed by atoms with Gasteiger partial charge in [-0.1, -0.05) is 107 Å². The Kier molecular flexibility index (Phi) is 6.98. The number of nitrogens with zero attached hydrogens (tertiary/aromatic N) is 3. The van der Waals surface area contributed by atoms with E-state index in [0.717, 1.165) is 52.8 Å². The van der Waals surface area contributed by atoms with Gasteiger partial charge in [0.1, 0.15) is 18.0 Å². The van der Waals surface area contributed by atoms with Crippen molar-refractivity contribution >= 4 is 27.4 Å². The minimum atomic E-state index is -1.11. The van der Waals surface area contributed by atoms with Crippen LogP contribution in [0.25, 0.3) is 11.4 Å². The fraction of sp³-hybridized carbons (Fsp3) is 0.206. The Labute approximate surface area is 253 Å². The Hall–Kier alpha value is -4.11. The molecule has 3 heterocycles. The van der Waals surface area contributed by atoms with Gasteiger partial charge in [0.05, 0.1) is 5.69 Å². The predicted molar refractivity (Wildman–Crippen MR) is 166 cm³/mol. The van der Waals surface area contributed by atoms with E-state index in [1.54, 1.807) is 6.33 Å². The molecule has 2 aliphatic heterocycles. The first kappa shape index (κ1) is 26.8. The average molecular weight is 621 g/mol. The van der Waals surface area contributed by atoms with E-state index < -0.39 is 16.1 Å². The number of aromatic nitrogens is 3. The van der Waals surface area contributed by atoms with Crippen LogP contribution < -0.4 is 10.9 Å². The van der Waals surface area contributed by atoms with Gasteiger partial charge in [0.2, 0.25) is 0 Å². The molecule has 2 unspecified atom stereocenters. The zero-order chi connectivity index (χ0) is 28.6. The van der Waals surface area contributed by atoms with Crippen LogP contribution in [0, 0.1) is 0 Å². The summed E-state index contributed by atoms with van der Waals surface area (Å²) in [5.74, 6) is 0.522. The monoisotopic (exact) mass is 619 g/mol. The van der Waals surface area contributed by atoms with Crippen molar-refractivity contribution in [1.82, 2.24) is 20.2 Å². The highest BCUT2D eigenvalue weighted by molar-refractivity contribution is 9.10. The van der Waals surface area contributed by atoms with Crippen molar-refractivity contribution in [3.63, 3.8) is 0 Å². The highest BCUT2D eigenvalue weighted by Crippen LogP contribution is 2.44. The van der Waals surface area contributed by atoms with Gasteiger partial charge in [-0.05, 0) is 54.2 Å². The van der Waals surface area contributed by atoms with E-state index in [1.165, 1.54) is 0 Å². The van der Waals surface area contributed by atoms with Crippen molar-refractivity contribution in [2.24, 2.45) is 0 Å². The first-order chi connectivity index (χ1) is 20.6. The lowest BCUT2D eigenvalue weighted by molar-refractivity contribution is -0.136. The Morgan fingerprint density at radius 1 is 0.881 bits per heavy atom. The lowest BCUT2D eigenvalue weighted by Crippen LogP contribution is -2.48. The lowest BCUT2D eigenvalue weighted by atomic mass is 9.77. The largest absolute Gasteiger partial charge is 0.370 e. The summed E-state index contributed by atoms with van der Waals surface area (Å²) < 4.78 is 6.69. The van der Waals surface area contributed by atoms with E-state index in [4.69, 9.17) is 14.8 Å². The number of ketones is 1. The van der Waals surface area contributed by atoms with Crippen molar-refractivity contribution in [2.75, 3.05) is 12.0 Å². The number of hydrogen-bond donors (Lipinski definition) is 2. The van der Waals surface area contributed by atoms with Gasteiger partial charge >= 0.3 is 0 Å². The van der Waals surface area contributed by atoms with Crippen LogP contribution in [-0.2, 0) is 19.5 Å². The molecular weight excluding hydrogens is 590 g/mol. The number of rotatable bonds is 7. The standard InChI is InChI=1S/C34H30BrN5O2/c35-34(31(41)30-18-10-11-21-42-30)28-22-24(19-20-29(28)37-39-34)32-36-23-40(38-32)33(25-12-4-1-5-13-25,26-14-6-2-7-15-26)27-16-8-3-9-17-27/h1-9,12-17,19-20,22-23,30,37,39H,10-11,18,21H2. The molecule has 0 radical (unpaired) electrons. The van der Waals surface area contributed by atoms with Crippen LogP contribution in [0.1, 0.15) is 41.5 Å². The number of Topliss-reactive ketones (excluding diaryl/α,β-unsaturated/α-hetero) is 1. The third kappa shape index (κ3) is 4.38. The fourth-order valence-electron chi connectivity index (χ4n) is 6.15. The number of halogens is 1. The first-order valence-corrected chi connectivity index (χ1v) is 15.0. The van der Waals surface area contributed by atoms with Gasteiger partial charge in [0.25, 0.3) is 0 Å². The maximum atomic E-state index is 13.6. The quantitative estimate of drug-likeness (QED) is 0.125. The third-order valence-electron chi connectivity index (χ3n) is 8.24. The molecule has 7 rings (SSSR count). The summed E-state index contributed by atoms with van der Waals surface area (Å²) in [6, 6.07) is 37.1. The normalized spacial score (nSPS) is 20.1. The second-order valence-corrected chi connectivity index (χ2v) is 11.9. The molecule has 0 spiro atoms. The number of anilines is 1. The maximum absolute atomic E-state index is 13.6. The van der Waals surface area contributed by atoms with Crippen LogP contribution in [0.4, 0.5) is 5.69 Å². The van der Waals surface area contributed by atoms with Gasteiger partial charge in [-0.3, -0.25) is 4.79 Å². The number of hydrazine groups is 1. The predicted octanol–water partition coefficient (Wildman–Crippen LogP) is 6.40. The number of carbonyl (C=O) groups excluding carboxylic acids is 1. The number of alkyl halides is 1. The van der Waals surface area contributed by atoms with Crippen LogP contribution in [-0.4, -0.2) is 33.3 Å². The third-order valence-corrected chi connectivity index (χ3v) is 9.26. The van der Waals surface area contributed by atoms with E-state index >= 15 is 0 Å². The molecule has 0 aliphatic carbocycles. The molecule has 2 aliphatic rings. The molecule has 1 aromatic heterocycles. The summed E-state index contributed by atoms with van der Waals surface area (Å²) in [7, 11) is 0. The summed E-state index contributed by atoms with van der Waals surface area (Å²) in [5, 5.41) is 5.13. The molecular formula is C34H30BrN5O2. The van der Waals surface area contributed by atoms with Gasteiger partial charge in [-0.25, -0.2) is 15.1 Å². The molecule has 4 aromatic carbocycles. The van der Waals surface area contributed by atoms with Gasteiger partial charge in [-0.2, -0.15) is 0 Å². The van der Waals surface area contributed by atoms with E-state index in [1.807, 2.05) is 41.1 Å². The van der Waals surface area contributed by atoms with Crippen molar-refractivity contribution in [3.8, 4) is 11.4 Å². The van der Waals surface area contributed by atoms with Gasteiger partial charge in [0, 0.05) is 17.7 Å². The van der Waals surface area contributed by atoms with Crippen LogP contribution in [0.3, 0.4) is 0 Å². The molecule has 0 bridgehead atoms. The Balaban J connectivity index is 1.35. The summed E-state index contributed by atoms with van der Waals surface area (Å²) in [5.41, 5.74) is 11.2. The van der Waals surface area contributed by atoms with Crippen molar-refractivity contribution in [3.05, 3.63) is 138 Å². The minimum Gasteiger partial charge on any atom is -0.370 e. The first-order valence-electron chi connectivity index (χ1n) is 14.2. The van der Waals surface area contributed by atoms with Crippen molar-refractivity contribution in [1.29, 1.82) is 0 Å².